The van der Waals surface area contributed by atoms with E-state index in [4.69, 9.17) is 10.5 Å². The van der Waals surface area contributed by atoms with E-state index in [1.807, 2.05) is 0 Å². The molecule has 1 heterocycles. The summed E-state index contributed by atoms with van der Waals surface area (Å²) in [6.45, 7) is 2.19. The van der Waals surface area contributed by atoms with Crippen molar-refractivity contribution < 1.29 is 9.53 Å². The SMILES string of the molecule is CCOC(=O)CCc1ncc(Br)cc1N. The van der Waals surface area contributed by atoms with Crippen molar-refractivity contribution in [2.24, 2.45) is 0 Å². The molecule has 2 N–H and O–H groups in total. The first-order valence-corrected chi connectivity index (χ1v) is 5.48. The molecule has 0 saturated carbocycles. The molecule has 0 saturated heterocycles. The molecule has 0 aromatic carbocycles. The van der Waals surface area contributed by atoms with Gasteiger partial charge in [-0.3, -0.25) is 9.78 Å². The predicted molar refractivity (Wildman–Crippen MR) is 61.3 cm³/mol. The molecule has 0 aliphatic heterocycles. The molecule has 1 aromatic rings. The maximum Gasteiger partial charge on any atom is 0.306 e. The van der Waals surface area contributed by atoms with Gasteiger partial charge in [-0.2, -0.15) is 0 Å². The van der Waals surface area contributed by atoms with Crippen molar-refractivity contribution in [3.63, 3.8) is 0 Å². The molecule has 82 valence electrons. The molecule has 0 fully saturated rings. The zero-order chi connectivity index (χ0) is 11.3. The summed E-state index contributed by atoms with van der Waals surface area (Å²) in [6, 6.07) is 1.77. The molecule has 0 amide bonds. The highest BCUT2D eigenvalue weighted by atomic mass is 79.9. The minimum atomic E-state index is -0.221. The number of carbonyl (C=O) groups excluding carboxylic acids is 1. The number of nitrogen functional groups attached to an aromatic ring is 1. The summed E-state index contributed by atoms with van der Waals surface area (Å²) >= 11 is 3.27. The average molecular weight is 273 g/mol. The fourth-order valence-corrected chi connectivity index (χ4v) is 1.49. The lowest BCUT2D eigenvalue weighted by atomic mass is 10.2. The molecule has 0 bridgehead atoms. The van der Waals surface area contributed by atoms with Gasteiger partial charge in [0.25, 0.3) is 0 Å². The van der Waals surface area contributed by atoms with E-state index in [9.17, 15) is 4.79 Å². The van der Waals surface area contributed by atoms with Crippen LogP contribution in [0.25, 0.3) is 0 Å². The summed E-state index contributed by atoms with van der Waals surface area (Å²) in [5.74, 6) is -0.221. The number of aryl methyl sites for hydroxylation is 1. The highest BCUT2D eigenvalue weighted by Gasteiger charge is 2.06. The second-order valence-corrected chi connectivity index (χ2v) is 3.91. The fraction of sp³-hybridized carbons (Fsp3) is 0.400. The molecule has 0 unspecified atom stereocenters. The Morgan fingerprint density at radius 1 is 1.67 bits per heavy atom. The van der Waals surface area contributed by atoms with Crippen LogP contribution in [0, 0.1) is 0 Å². The van der Waals surface area contributed by atoms with Gasteiger partial charge in [0.1, 0.15) is 0 Å². The van der Waals surface area contributed by atoms with Crippen LogP contribution in [0.1, 0.15) is 19.0 Å². The third-order valence-electron chi connectivity index (χ3n) is 1.84. The molecular weight excluding hydrogens is 260 g/mol. The topological polar surface area (TPSA) is 65.2 Å². The summed E-state index contributed by atoms with van der Waals surface area (Å²) in [7, 11) is 0. The van der Waals surface area contributed by atoms with E-state index in [1.54, 1.807) is 19.2 Å². The number of hydrogen-bond donors (Lipinski definition) is 1. The molecule has 5 heteroatoms. The van der Waals surface area contributed by atoms with E-state index in [2.05, 4.69) is 20.9 Å². The molecule has 0 atom stereocenters. The number of halogens is 1. The van der Waals surface area contributed by atoms with Crippen molar-refractivity contribution in [3.8, 4) is 0 Å². The van der Waals surface area contributed by atoms with Gasteiger partial charge >= 0.3 is 5.97 Å². The quantitative estimate of drug-likeness (QED) is 0.851. The third-order valence-corrected chi connectivity index (χ3v) is 2.28. The summed E-state index contributed by atoms with van der Waals surface area (Å²) in [4.78, 5) is 15.2. The number of carbonyl (C=O) groups is 1. The summed E-state index contributed by atoms with van der Waals surface area (Å²) in [5.41, 5.74) is 7.06. The van der Waals surface area contributed by atoms with Crippen LogP contribution in [0.4, 0.5) is 5.69 Å². The Labute approximate surface area is 97.0 Å². The second-order valence-electron chi connectivity index (χ2n) is 2.99. The van der Waals surface area contributed by atoms with Gasteiger partial charge in [0.05, 0.1) is 24.4 Å². The summed E-state index contributed by atoms with van der Waals surface area (Å²) in [5, 5.41) is 0. The molecule has 0 spiro atoms. The first-order valence-electron chi connectivity index (χ1n) is 4.69. The zero-order valence-corrected chi connectivity index (χ0v) is 10.1. The maximum absolute atomic E-state index is 11.1. The Kier molecular flexibility index (Phi) is 4.55. The molecule has 0 aliphatic carbocycles. The summed E-state index contributed by atoms with van der Waals surface area (Å²) in [6.07, 6.45) is 2.49. The standard InChI is InChI=1S/C10H13BrN2O2/c1-2-15-10(14)4-3-9-8(12)5-7(11)6-13-9/h5-6H,2-4,12H2,1H3. The van der Waals surface area contributed by atoms with Crippen LogP contribution in [-0.4, -0.2) is 17.6 Å². The first-order chi connectivity index (χ1) is 7.13. The number of ether oxygens (including phenoxy) is 1. The van der Waals surface area contributed by atoms with Crippen molar-refractivity contribution in [1.29, 1.82) is 0 Å². The van der Waals surface area contributed by atoms with Crippen LogP contribution in [0.5, 0.6) is 0 Å². The molecule has 1 aromatic heterocycles. The molecule has 15 heavy (non-hydrogen) atoms. The molecule has 0 radical (unpaired) electrons. The summed E-state index contributed by atoms with van der Waals surface area (Å²) < 4.78 is 5.64. The number of aromatic nitrogens is 1. The Morgan fingerprint density at radius 2 is 2.40 bits per heavy atom. The minimum absolute atomic E-state index is 0.221. The first kappa shape index (κ1) is 12.0. The Balaban J connectivity index is 2.54. The highest BCUT2D eigenvalue weighted by molar-refractivity contribution is 9.10. The number of esters is 1. The molecule has 1 rings (SSSR count). The molecule has 4 nitrogen and oxygen atoms in total. The molecular formula is C10H13BrN2O2. The second kappa shape index (κ2) is 5.70. The fourth-order valence-electron chi connectivity index (χ4n) is 1.15. The van der Waals surface area contributed by atoms with Crippen LogP contribution in [-0.2, 0) is 16.0 Å². The van der Waals surface area contributed by atoms with Gasteiger partial charge in [-0.15, -0.1) is 0 Å². The number of nitrogens with two attached hydrogens (primary N) is 1. The van der Waals surface area contributed by atoms with Gasteiger partial charge in [0.15, 0.2) is 0 Å². The zero-order valence-electron chi connectivity index (χ0n) is 8.50. The van der Waals surface area contributed by atoms with Gasteiger partial charge in [-0.25, -0.2) is 0 Å². The van der Waals surface area contributed by atoms with E-state index in [0.717, 1.165) is 10.2 Å². The van der Waals surface area contributed by atoms with Crippen molar-refractivity contribution >= 4 is 27.6 Å². The van der Waals surface area contributed by atoms with Crippen LogP contribution in [0.3, 0.4) is 0 Å². The molecule has 0 aliphatic rings. The van der Waals surface area contributed by atoms with Crippen molar-refractivity contribution in [3.05, 3.63) is 22.4 Å². The normalized spacial score (nSPS) is 10.0. The van der Waals surface area contributed by atoms with Crippen molar-refractivity contribution in [1.82, 2.24) is 4.98 Å². The lowest BCUT2D eigenvalue weighted by Crippen LogP contribution is -2.07. The third kappa shape index (κ3) is 3.87. The van der Waals surface area contributed by atoms with Crippen LogP contribution >= 0.6 is 15.9 Å². The number of nitrogens with zero attached hydrogens (tertiary/aromatic N) is 1. The van der Waals surface area contributed by atoms with Crippen LogP contribution in [0.15, 0.2) is 16.7 Å². The maximum atomic E-state index is 11.1. The lowest BCUT2D eigenvalue weighted by Gasteiger charge is -2.04. The Bertz CT molecular complexity index is 355. The van der Waals surface area contributed by atoms with Gasteiger partial charge in [0, 0.05) is 17.1 Å². The van der Waals surface area contributed by atoms with Gasteiger partial charge in [-0.1, -0.05) is 0 Å². The van der Waals surface area contributed by atoms with Crippen molar-refractivity contribution in [2.75, 3.05) is 12.3 Å². The van der Waals surface area contributed by atoms with Gasteiger partial charge in [-0.05, 0) is 28.9 Å². The van der Waals surface area contributed by atoms with Gasteiger partial charge < -0.3 is 10.5 Å². The van der Waals surface area contributed by atoms with E-state index < -0.39 is 0 Å². The van der Waals surface area contributed by atoms with Gasteiger partial charge in [0.2, 0.25) is 0 Å². The highest BCUT2D eigenvalue weighted by Crippen LogP contribution is 2.16. The van der Waals surface area contributed by atoms with Crippen LogP contribution < -0.4 is 5.73 Å². The minimum Gasteiger partial charge on any atom is -0.466 e. The van der Waals surface area contributed by atoms with Crippen LogP contribution in [0.2, 0.25) is 0 Å². The predicted octanol–water partition coefficient (Wildman–Crippen LogP) is 1.92. The Hall–Kier alpha value is -1.10. The number of hydrogen-bond acceptors (Lipinski definition) is 4. The lowest BCUT2D eigenvalue weighted by molar-refractivity contribution is -0.143. The van der Waals surface area contributed by atoms with E-state index in [0.29, 0.717) is 25.1 Å². The largest absolute Gasteiger partial charge is 0.466 e. The average Bonchev–Trinajstić information content (AvgIpc) is 2.17. The van der Waals surface area contributed by atoms with E-state index >= 15 is 0 Å². The Morgan fingerprint density at radius 3 is 3.00 bits per heavy atom. The smallest absolute Gasteiger partial charge is 0.306 e. The van der Waals surface area contributed by atoms with Crippen molar-refractivity contribution in [2.45, 2.75) is 19.8 Å². The van der Waals surface area contributed by atoms with E-state index in [-0.39, 0.29) is 5.97 Å². The monoisotopic (exact) mass is 272 g/mol. The number of anilines is 1. The van der Waals surface area contributed by atoms with E-state index in [1.165, 1.54) is 0 Å². The number of rotatable bonds is 4. The number of pyridine rings is 1.